The minimum Gasteiger partial charge on any atom is -0.352 e. The fraction of sp³-hybridized carbons (Fsp3) is 0.500. The maximum Gasteiger partial charge on any atom is 0.253 e. The van der Waals surface area contributed by atoms with Gasteiger partial charge in [0.1, 0.15) is 0 Å². The molecule has 0 atom stereocenters. The third kappa shape index (κ3) is 3.06. The number of likely N-dealkylation sites (N-methyl/N-ethyl adjacent to an activating group) is 1. The van der Waals surface area contributed by atoms with E-state index in [1.807, 2.05) is 39.1 Å². The van der Waals surface area contributed by atoms with Crippen molar-refractivity contribution in [3.8, 4) is 0 Å². The molecule has 6 nitrogen and oxygen atoms in total. The van der Waals surface area contributed by atoms with Crippen molar-refractivity contribution in [2.75, 3.05) is 51.7 Å². The molecule has 1 aromatic carbocycles. The van der Waals surface area contributed by atoms with Crippen molar-refractivity contribution in [2.24, 2.45) is 0 Å². The zero-order valence-corrected chi connectivity index (χ0v) is 14.9. The van der Waals surface area contributed by atoms with E-state index in [1.54, 1.807) is 4.90 Å². The third-order valence-corrected chi connectivity index (χ3v) is 4.82. The van der Waals surface area contributed by atoms with E-state index < -0.39 is 0 Å². The molecule has 1 aromatic heterocycles. The molecule has 0 unspecified atom stereocenters. The topological polar surface area (TPSA) is 52.6 Å². The van der Waals surface area contributed by atoms with E-state index >= 15 is 0 Å². The van der Waals surface area contributed by atoms with Gasteiger partial charge in [-0.25, -0.2) is 0 Å². The van der Waals surface area contributed by atoms with Crippen LogP contribution in [0.4, 0.5) is 5.82 Å². The van der Waals surface area contributed by atoms with Crippen LogP contribution in [0.2, 0.25) is 0 Å². The second-order valence-corrected chi connectivity index (χ2v) is 6.48. The van der Waals surface area contributed by atoms with Gasteiger partial charge in [0.15, 0.2) is 5.82 Å². The van der Waals surface area contributed by atoms with E-state index in [9.17, 15) is 4.79 Å². The quantitative estimate of drug-likeness (QED) is 0.860. The summed E-state index contributed by atoms with van der Waals surface area (Å²) in [6, 6.07) is 5.87. The standard InChI is InChI=1S/C18H25N5O/c1-5-22(4)18(24)14-6-7-15-16(12-14)13(2)19-20-17(15)23-10-8-21(3)9-11-23/h6-7,12H,5,8-11H2,1-4H3. The number of aryl methyl sites for hydroxylation is 1. The summed E-state index contributed by atoms with van der Waals surface area (Å²) in [7, 11) is 3.96. The maximum absolute atomic E-state index is 12.4. The van der Waals surface area contributed by atoms with Crippen molar-refractivity contribution >= 4 is 22.5 Å². The SMILES string of the molecule is CCN(C)C(=O)c1ccc2c(N3CCN(C)CC3)nnc(C)c2c1. The summed E-state index contributed by atoms with van der Waals surface area (Å²) in [4.78, 5) is 18.7. The summed E-state index contributed by atoms with van der Waals surface area (Å²) in [5, 5.41) is 10.9. The fourth-order valence-corrected chi connectivity index (χ4v) is 3.02. The Balaban J connectivity index is 2.01. The van der Waals surface area contributed by atoms with E-state index in [4.69, 9.17) is 0 Å². The van der Waals surface area contributed by atoms with Gasteiger partial charge < -0.3 is 14.7 Å². The molecule has 0 saturated carbocycles. The molecule has 2 aromatic rings. The molecule has 2 heterocycles. The lowest BCUT2D eigenvalue weighted by atomic mass is 10.1. The van der Waals surface area contributed by atoms with E-state index in [1.165, 1.54) is 0 Å². The highest BCUT2D eigenvalue weighted by atomic mass is 16.2. The summed E-state index contributed by atoms with van der Waals surface area (Å²) < 4.78 is 0. The Kier molecular flexibility index (Phi) is 4.66. The first kappa shape index (κ1) is 16.6. The van der Waals surface area contributed by atoms with Gasteiger partial charge in [0.05, 0.1) is 5.69 Å². The second kappa shape index (κ2) is 6.73. The molecule has 1 amide bonds. The van der Waals surface area contributed by atoms with Gasteiger partial charge in [0.25, 0.3) is 5.91 Å². The summed E-state index contributed by atoms with van der Waals surface area (Å²) in [5.41, 5.74) is 1.56. The average molecular weight is 327 g/mol. The van der Waals surface area contributed by atoms with Crippen LogP contribution in [0.5, 0.6) is 0 Å². The van der Waals surface area contributed by atoms with Crippen LogP contribution in [-0.4, -0.2) is 72.7 Å². The van der Waals surface area contributed by atoms with Crippen molar-refractivity contribution in [3.05, 3.63) is 29.5 Å². The van der Waals surface area contributed by atoms with E-state index in [-0.39, 0.29) is 5.91 Å². The Morgan fingerprint density at radius 3 is 2.54 bits per heavy atom. The molecule has 128 valence electrons. The van der Waals surface area contributed by atoms with E-state index in [0.717, 1.165) is 48.5 Å². The second-order valence-electron chi connectivity index (χ2n) is 6.48. The van der Waals surface area contributed by atoms with E-state index in [2.05, 4.69) is 27.0 Å². The number of hydrogen-bond donors (Lipinski definition) is 0. The molecule has 1 saturated heterocycles. The summed E-state index contributed by atoms with van der Waals surface area (Å²) in [6.45, 7) is 8.55. The highest BCUT2D eigenvalue weighted by Crippen LogP contribution is 2.27. The van der Waals surface area contributed by atoms with Gasteiger partial charge in [-0.2, -0.15) is 5.10 Å². The third-order valence-electron chi connectivity index (χ3n) is 4.82. The molecular weight excluding hydrogens is 302 g/mol. The molecule has 0 bridgehead atoms. The number of anilines is 1. The van der Waals surface area contributed by atoms with E-state index in [0.29, 0.717) is 12.1 Å². The van der Waals surface area contributed by atoms with Crippen molar-refractivity contribution in [1.29, 1.82) is 0 Å². The normalized spacial score (nSPS) is 15.8. The smallest absolute Gasteiger partial charge is 0.253 e. The number of benzene rings is 1. The number of amides is 1. The van der Waals surface area contributed by atoms with Crippen molar-refractivity contribution in [2.45, 2.75) is 13.8 Å². The number of rotatable bonds is 3. The van der Waals surface area contributed by atoms with Crippen LogP contribution in [0.25, 0.3) is 10.8 Å². The number of aromatic nitrogens is 2. The van der Waals surface area contributed by atoms with Crippen LogP contribution in [0, 0.1) is 6.92 Å². The summed E-state index contributed by atoms with van der Waals surface area (Å²) >= 11 is 0. The Hall–Kier alpha value is -2.21. The molecule has 0 aliphatic carbocycles. The largest absolute Gasteiger partial charge is 0.352 e. The number of nitrogens with zero attached hydrogens (tertiary/aromatic N) is 5. The Morgan fingerprint density at radius 1 is 1.17 bits per heavy atom. The van der Waals surface area contributed by atoms with Crippen LogP contribution in [0.1, 0.15) is 23.0 Å². The predicted molar refractivity (Wildman–Crippen MR) is 96.6 cm³/mol. The first-order chi connectivity index (χ1) is 11.5. The number of hydrogen-bond acceptors (Lipinski definition) is 5. The highest BCUT2D eigenvalue weighted by Gasteiger charge is 2.20. The molecule has 0 radical (unpaired) electrons. The van der Waals surface area contributed by atoms with Crippen LogP contribution in [0.3, 0.4) is 0 Å². The first-order valence-corrected chi connectivity index (χ1v) is 8.47. The zero-order valence-electron chi connectivity index (χ0n) is 14.9. The maximum atomic E-state index is 12.4. The van der Waals surface area contributed by atoms with Crippen LogP contribution in [-0.2, 0) is 0 Å². The minimum absolute atomic E-state index is 0.0387. The number of fused-ring (bicyclic) bond motifs is 1. The number of carbonyl (C=O) groups is 1. The van der Waals surface area contributed by atoms with Gasteiger partial charge in [-0.15, -0.1) is 5.10 Å². The summed E-state index contributed by atoms with van der Waals surface area (Å²) in [5.74, 6) is 0.961. The molecule has 24 heavy (non-hydrogen) atoms. The monoisotopic (exact) mass is 327 g/mol. The van der Waals surface area contributed by atoms with Crippen LogP contribution >= 0.6 is 0 Å². The molecule has 1 aliphatic heterocycles. The van der Waals surface area contributed by atoms with Crippen LogP contribution in [0.15, 0.2) is 18.2 Å². The molecule has 3 rings (SSSR count). The van der Waals surface area contributed by atoms with Crippen molar-refractivity contribution < 1.29 is 4.79 Å². The van der Waals surface area contributed by atoms with Gasteiger partial charge in [-0.3, -0.25) is 4.79 Å². The minimum atomic E-state index is 0.0387. The fourth-order valence-electron chi connectivity index (χ4n) is 3.02. The average Bonchev–Trinajstić information content (AvgIpc) is 2.61. The molecule has 0 spiro atoms. The molecular formula is C18H25N5O. The highest BCUT2D eigenvalue weighted by molar-refractivity contribution is 6.01. The van der Waals surface area contributed by atoms with Crippen molar-refractivity contribution in [3.63, 3.8) is 0 Å². The van der Waals surface area contributed by atoms with Gasteiger partial charge in [-0.1, -0.05) is 0 Å². The van der Waals surface area contributed by atoms with Gasteiger partial charge in [-0.05, 0) is 39.1 Å². The first-order valence-electron chi connectivity index (χ1n) is 8.47. The predicted octanol–water partition coefficient (Wildman–Crippen LogP) is 1.78. The lowest BCUT2D eigenvalue weighted by molar-refractivity contribution is 0.0802. The number of piperazine rings is 1. The van der Waals surface area contributed by atoms with Gasteiger partial charge in [0, 0.05) is 56.1 Å². The Bertz CT molecular complexity index is 752. The lowest BCUT2D eigenvalue weighted by Gasteiger charge is -2.33. The summed E-state index contributed by atoms with van der Waals surface area (Å²) in [6.07, 6.45) is 0. The molecule has 6 heteroatoms. The van der Waals surface area contributed by atoms with Gasteiger partial charge in [0.2, 0.25) is 0 Å². The number of carbonyl (C=O) groups excluding carboxylic acids is 1. The molecule has 1 fully saturated rings. The molecule has 0 N–H and O–H groups in total. The Labute approximate surface area is 143 Å². The lowest BCUT2D eigenvalue weighted by Crippen LogP contribution is -2.45. The van der Waals surface area contributed by atoms with Gasteiger partial charge >= 0.3 is 0 Å². The molecule has 1 aliphatic rings. The van der Waals surface area contributed by atoms with Crippen LogP contribution < -0.4 is 4.90 Å². The zero-order chi connectivity index (χ0) is 17.3. The van der Waals surface area contributed by atoms with Crippen molar-refractivity contribution in [1.82, 2.24) is 20.0 Å². The Morgan fingerprint density at radius 2 is 1.88 bits per heavy atom.